The number of carboxylic acid groups (broad SMARTS) is 1. The predicted octanol–water partition coefficient (Wildman–Crippen LogP) is -0.564. The molecule has 19 heavy (non-hydrogen) atoms. The standard InChI is InChI=1S/C11H15N3O5/c1-11(2,4-3-8(16)17)14-9(18)6-5-7(15)13-10(19)12-6/h5H,3-4H2,1-2H3,(H,14,18)(H,16,17)(H2,12,13,15,19). The van der Waals surface area contributed by atoms with E-state index in [1.807, 2.05) is 4.98 Å². The summed E-state index contributed by atoms with van der Waals surface area (Å²) in [6, 6.07) is 0.962. The number of amides is 1. The smallest absolute Gasteiger partial charge is 0.326 e. The Hall–Kier alpha value is -2.38. The maximum Gasteiger partial charge on any atom is 0.326 e. The van der Waals surface area contributed by atoms with Crippen molar-refractivity contribution < 1.29 is 14.7 Å². The zero-order chi connectivity index (χ0) is 14.6. The highest BCUT2D eigenvalue weighted by atomic mass is 16.4. The van der Waals surface area contributed by atoms with E-state index in [0.29, 0.717) is 0 Å². The molecule has 0 aromatic carbocycles. The molecule has 0 radical (unpaired) electrons. The van der Waals surface area contributed by atoms with E-state index in [1.165, 1.54) is 0 Å². The lowest BCUT2D eigenvalue weighted by molar-refractivity contribution is -0.137. The topological polar surface area (TPSA) is 132 Å². The zero-order valence-corrected chi connectivity index (χ0v) is 10.6. The summed E-state index contributed by atoms with van der Waals surface area (Å²) in [4.78, 5) is 48.5. The molecule has 0 atom stereocenters. The number of hydrogen-bond donors (Lipinski definition) is 4. The average Bonchev–Trinajstić information content (AvgIpc) is 2.24. The van der Waals surface area contributed by atoms with Crippen molar-refractivity contribution in [3.8, 4) is 0 Å². The van der Waals surface area contributed by atoms with Crippen LogP contribution in [0.25, 0.3) is 0 Å². The summed E-state index contributed by atoms with van der Waals surface area (Å²) in [5, 5.41) is 11.2. The van der Waals surface area contributed by atoms with Crippen LogP contribution in [-0.2, 0) is 4.79 Å². The van der Waals surface area contributed by atoms with Gasteiger partial charge in [-0.05, 0) is 20.3 Å². The van der Waals surface area contributed by atoms with Gasteiger partial charge in [-0.1, -0.05) is 0 Å². The molecule has 0 aliphatic carbocycles. The van der Waals surface area contributed by atoms with Crippen molar-refractivity contribution in [2.24, 2.45) is 0 Å². The summed E-state index contributed by atoms with van der Waals surface area (Å²) < 4.78 is 0. The molecule has 0 spiro atoms. The predicted molar refractivity (Wildman–Crippen MR) is 66.1 cm³/mol. The summed E-state index contributed by atoms with van der Waals surface area (Å²) in [6.45, 7) is 3.30. The van der Waals surface area contributed by atoms with Gasteiger partial charge in [-0.25, -0.2) is 4.79 Å². The summed E-state index contributed by atoms with van der Waals surface area (Å²) in [7, 11) is 0. The third-order valence-corrected chi connectivity index (χ3v) is 2.42. The van der Waals surface area contributed by atoms with Gasteiger partial charge in [-0.2, -0.15) is 0 Å². The van der Waals surface area contributed by atoms with Gasteiger partial charge in [-0.15, -0.1) is 0 Å². The van der Waals surface area contributed by atoms with Crippen molar-refractivity contribution in [3.05, 3.63) is 32.6 Å². The first-order valence-electron chi connectivity index (χ1n) is 5.57. The number of carbonyl (C=O) groups is 2. The van der Waals surface area contributed by atoms with Gasteiger partial charge in [0.1, 0.15) is 5.69 Å². The minimum atomic E-state index is -0.966. The molecule has 0 fully saturated rings. The first-order chi connectivity index (χ1) is 8.69. The molecule has 1 amide bonds. The van der Waals surface area contributed by atoms with E-state index in [9.17, 15) is 19.2 Å². The molecule has 8 nitrogen and oxygen atoms in total. The van der Waals surface area contributed by atoms with E-state index in [-0.39, 0.29) is 18.5 Å². The first-order valence-corrected chi connectivity index (χ1v) is 5.57. The molecule has 0 bridgehead atoms. The van der Waals surface area contributed by atoms with Gasteiger partial charge in [0.05, 0.1) is 0 Å². The molecule has 1 aromatic rings. The van der Waals surface area contributed by atoms with Crippen LogP contribution in [0.5, 0.6) is 0 Å². The fraction of sp³-hybridized carbons (Fsp3) is 0.455. The lowest BCUT2D eigenvalue weighted by Crippen LogP contribution is -2.45. The molecule has 4 N–H and O–H groups in total. The molecule has 0 aliphatic heterocycles. The van der Waals surface area contributed by atoms with Crippen LogP contribution in [-0.4, -0.2) is 32.5 Å². The van der Waals surface area contributed by atoms with Crippen LogP contribution in [0.1, 0.15) is 37.2 Å². The number of aliphatic carboxylic acids is 1. The second kappa shape index (κ2) is 5.51. The zero-order valence-electron chi connectivity index (χ0n) is 10.6. The van der Waals surface area contributed by atoms with Crippen LogP contribution in [0.3, 0.4) is 0 Å². The second-order valence-electron chi connectivity index (χ2n) is 4.73. The molecule has 8 heteroatoms. The number of aromatic amines is 2. The average molecular weight is 269 g/mol. The van der Waals surface area contributed by atoms with E-state index in [2.05, 4.69) is 10.3 Å². The Labute approximate surface area is 107 Å². The molecule has 1 heterocycles. The number of rotatable bonds is 5. The quantitative estimate of drug-likeness (QED) is 0.568. The van der Waals surface area contributed by atoms with Gasteiger partial charge in [0.25, 0.3) is 11.5 Å². The Kier molecular flexibility index (Phi) is 4.26. The lowest BCUT2D eigenvalue weighted by atomic mass is 9.98. The number of carboxylic acids is 1. The molecular formula is C11H15N3O5. The minimum absolute atomic E-state index is 0.0980. The summed E-state index contributed by atoms with van der Waals surface area (Å²) in [5.74, 6) is -1.61. The van der Waals surface area contributed by atoms with E-state index in [0.717, 1.165) is 6.07 Å². The molecule has 0 saturated heterocycles. The molecule has 1 rings (SSSR count). The van der Waals surface area contributed by atoms with Crippen molar-refractivity contribution >= 4 is 11.9 Å². The number of aromatic nitrogens is 2. The fourth-order valence-corrected chi connectivity index (χ4v) is 1.45. The summed E-state index contributed by atoms with van der Waals surface area (Å²) in [5.41, 5.74) is -2.40. The van der Waals surface area contributed by atoms with Gasteiger partial charge in [0, 0.05) is 18.0 Å². The molecule has 1 aromatic heterocycles. The van der Waals surface area contributed by atoms with E-state index in [4.69, 9.17) is 5.11 Å². The van der Waals surface area contributed by atoms with Crippen molar-refractivity contribution in [3.63, 3.8) is 0 Å². The first kappa shape index (κ1) is 14.7. The molecule has 104 valence electrons. The second-order valence-corrected chi connectivity index (χ2v) is 4.73. The van der Waals surface area contributed by atoms with E-state index in [1.54, 1.807) is 13.8 Å². The van der Waals surface area contributed by atoms with Gasteiger partial charge < -0.3 is 15.4 Å². The van der Waals surface area contributed by atoms with E-state index >= 15 is 0 Å². The number of hydrogen-bond acceptors (Lipinski definition) is 4. The van der Waals surface area contributed by atoms with Crippen LogP contribution < -0.4 is 16.6 Å². The Morgan fingerprint density at radius 1 is 1.32 bits per heavy atom. The largest absolute Gasteiger partial charge is 0.481 e. The number of carbonyl (C=O) groups excluding carboxylic acids is 1. The third-order valence-electron chi connectivity index (χ3n) is 2.42. The Bertz CT molecular complexity index is 571. The van der Waals surface area contributed by atoms with Crippen molar-refractivity contribution in [1.29, 1.82) is 0 Å². The van der Waals surface area contributed by atoms with Gasteiger partial charge >= 0.3 is 11.7 Å². The normalized spacial score (nSPS) is 11.1. The van der Waals surface area contributed by atoms with Crippen molar-refractivity contribution in [1.82, 2.24) is 15.3 Å². The van der Waals surface area contributed by atoms with Gasteiger partial charge in [0.2, 0.25) is 0 Å². The SMILES string of the molecule is CC(C)(CCC(=O)O)NC(=O)c1cc(=O)[nH]c(=O)[nH]1. The van der Waals surface area contributed by atoms with Crippen LogP contribution >= 0.6 is 0 Å². The highest BCUT2D eigenvalue weighted by Gasteiger charge is 2.22. The molecular weight excluding hydrogens is 254 g/mol. The van der Waals surface area contributed by atoms with Crippen LogP contribution in [0.2, 0.25) is 0 Å². The Balaban J connectivity index is 2.81. The minimum Gasteiger partial charge on any atom is -0.481 e. The summed E-state index contributed by atoms with van der Waals surface area (Å²) in [6.07, 6.45) is 0.126. The van der Waals surface area contributed by atoms with Crippen LogP contribution in [0.4, 0.5) is 0 Å². The monoisotopic (exact) mass is 269 g/mol. The van der Waals surface area contributed by atoms with Crippen LogP contribution in [0, 0.1) is 0 Å². The van der Waals surface area contributed by atoms with Gasteiger partial charge in [-0.3, -0.25) is 19.4 Å². The molecule has 0 aliphatic rings. The van der Waals surface area contributed by atoms with Gasteiger partial charge in [0.15, 0.2) is 0 Å². The van der Waals surface area contributed by atoms with Crippen molar-refractivity contribution in [2.75, 3.05) is 0 Å². The highest BCUT2D eigenvalue weighted by molar-refractivity contribution is 5.92. The van der Waals surface area contributed by atoms with Crippen molar-refractivity contribution in [2.45, 2.75) is 32.2 Å². The maximum absolute atomic E-state index is 11.8. The molecule has 0 saturated carbocycles. The van der Waals surface area contributed by atoms with E-state index < -0.39 is 28.7 Å². The van der Waals surface area contributed by atoms with Crippen LogP contribution in [0.15, 0.2) is 15.7 Å². The summed E-state index contributed by atoms with van der Waals surface area (Å²) >= 11 is 0. The Morgan fingerprint density at radius 2 is 1.95 bits per heavy atom. The molecule has 0 unspecified atom stereocenters. The fourth-order valence-electron chi connectivity index (χ4n) is 1.45. The maximum atomic E-state index is 11.8. The number of nitrogens with one attached hydrogen (secondary N) is 3. The Morgan fingerprint density at radius 3 is 2.47 bits per heavy atom. The number of H-pyrrole nitrogens is 2. The third kappa shape index (κ3) is 4.78. The lowest BCUT2D eigenvalue weighted by Gasteiger charge is -2.25. The highest BCUT2D eigenvalue weighted by Crippen LogP contribution is 2.11.